The van der Waals surface area contributed by atoms with Crippen molar-refractivity contribution in [2.24, 2.45) is 5.41 Å². The van der Waals surface area contributed by atoms with Gasteiger partial charge in [0.25, 0.3) is 0 Å². The SMILES string of the molecule is N#Cc1nc(N2CCC3(CCCC3)CC2)ccc1Cl. The van der Waals surface area contributed by atoms with Crippen LogP contribution < -0.4 is 4.90 Å². The molecule has 0 atom stereocenters. The zero-order valence-electron chi connectivity index (χ0n) is 11.0. The van der Waals surface area contributed by atoms with E-state index in [-0.39, 0.29) is 0 Å². The molecule has 3 rings (SSSR count). The lowest BCUT2D eigenvalue weighted by atomic mass is 9.77. The van der Waals surface area contributed by atoms with Crippen molar-refractivity contribution in [3.05, 3.63) is 22.8 Å². The standard InChI is InChI=1S/C15H18ClN3/c16-12-3-4-14(18-13(12)11-17)19-9-7-15(8-10-19)5-1-2-6-15/h3-4H,1-2,5-10H2. The van der Waals surface area contributed by atoms with Crippen LogP contribution in [-0.2, 0) is 0 Å². The molecule has 2 aliphatic rings. The molecule has 0 unspecified atom stereocenters. The molecule has 0 radical (unpaired) electrons. The van der Waals surface area contributed by atoms with Crippen molar-refractivity contribution in [2.45, 2.75) is 38.5 Å². The molecule has 2 fully saturated rings. The number of halogens is 1. The Kier molecular flexibility index (Phi) is 3.36. The number of pyridine rings is 1. The molecule has 19 heavy (non-hydrogen) atoms. The van der Waals surface area contributed by atoms with Crippen molar-refractivity contribution in [1.29, 1.82) is 5.26 Å². The summed E-state index contributed by atoms with van der Waals surface area (Å²) in [5, 5.41) is 9.43. The highest BCUT2D eigenvalue weighted by atomic mass is 35.5. The number of aromatic nitrogens is 1. The van der Waals surface area contributed by atoms with Crippen LogP contribution in [0, 0.1) is 16.7 Å². The van der Waals surface area contributed by atoms with Gasteiger partial charge in [-0.15, -0.1) is 0 Å². The fourth-order valence-corrected chi connectivity index (χ4v) is 3.67. The maximum atomic E-state index is 8.99. The molecule has 2 heterocycles. The second kappa shape index (κ2) is 5.02. The maximum Gasteiger partial charge on any atom is 0.161 e. The third kappa shape index (κ3) is 2.42. The third-order valence-corrected chi connectivity index (χ3v) is 5.05. The van der Waals surface area contributed by atoms with Gasteiger partial charge in [-0.05, 0) is 43.2 Å². The average molecular weight is 276 g/mol. The number of rotatable bonds is 1. The van der Waals surface area contributed by atoms with Crippen molar-refractivity contribution in [2.75, 3.05) is 18.0 Å². The summed E-state index contributed by atoms with van der Waals surface area (Å²) in [7, 11) is 0. The normalized spacial score (nSPS) is 21.6. The molecule has 1 aromatic rings. The molecule has 0 bridgehead atoms. The molecule has 1 aliphatic heterocycles. The summed E-state index contributed by atoms with van der Waals surface area (Å²) < 4.78 is 0. The zero-order chi connectivity index (χ0) is 13.3. The minimum Gasteiger partial charge on any atom is -0.357 e. The van der Waals surface area contributed by atoms with Crippen molar-refractivity contribution in [3.63, 3.8) is 0 Å². The quantitative estimate of drug-likeness (QED) is 0.783. The van der Waals surface area contributed by atoms with Crippen LogP contribution in [0.1, 0.15) is 44.2 Å². The minimum absolute atomic E-state index is 0.334. The fraction of sp³-hybridized carbons (Fsp3) is 0.600. The molecule has 0 aromatic carbocycles. The third-order valence-electron chi connectivity index (χ3n) is 4.75. The van der Waals surface area contributed by atoms with Gasteiger partial charge in [-0.25, -0.2) is 4.98 Å². The van der Waals surface area contributed by atoms with Crippen LogP contribution in [0.25, 0.3) is 0 Å². The van der Waals surface area contributed by atoms with Gasteiger partial charge in [0, 0.05) is 13.1 Å². The Bertz CT molecular complexity index is 505. The number of piperidine rings is 1. The van der Waals surface area contributed by atoms with E-state index in [0.29, 0.717) is 16.1 Å². The monoisotopic (exact) mass is 275 g/mol. The van der Waals surface area contributed by atoms with E-state index >= 15 is 0 Å². The first-order valence-corrected chi connectivity index (χ1v) is 7.42. The summed E-state index contributed by atoms with van der Waals surface area (Å²) in [6, 6.07) is 5.76. The smallest absolute Gasteiger partial charge is 0.161 e. The van der Waals surface area contributed by atoms with Crippen LogP contribution in [0.5, 0.6) is 0 Å². The van der Waals surface area contributed by atoms with E-state index in [0.717, 1.165) is 18.9 Å². The van der Waals surface area contributed by atoms with Crippen LogP contribution >= 0.6 is 11.6 Å². The number of hydrogen-bond donors (Lipinski definition) is 0. The predicted molar refractivity (Wildman–Crippen MR) is 76.3 cm³/mol. The summed E-state index contributed by atoms with van der Waals surface area (Å²) in [6.07, 6.45) is 8.13. The molecule has 3 nitrogen and oxygen atoms in total. The lowest BCUT2D eigenvalue weighted by molar-refractivity contribution is 0.226. The van der Waals surface area contributed by atoms with Crippen LogP contribution in [-0.4, -0.2) is 18.1 Å². The van der Waals surface area contributed by atoms with Crippen molar-refractivity contribution < 1.29 is 0 Å². The maximum absolute atomic E-state index is 8.99. The van der Waals surface area contributed by atoms with Gasteiger partial charge in [-0.1, -0.05) is 24.4 Å². The van der Waals surface area contributed by atoms with E-state index in [1.165, 1.54) is 38.5 Å². The topological polar surface area (TPSA) is 39.9 Å². The van der Waals surface area contributed by atoms with Crippen molar-refractivity contribution >= 4 is 17.4 Å². The number of nitriles is 1. The Hall–Kier alpha value is -1.27. The van der Waals surface area contributed by atoms with Crippen molar-refractivity contribution in [3.8, 4) is 6.07 Å². The van der Waals surface area contributed by atoms with Crippen LogP contribution in [0.3, 0.4) is 0 Å². The second-order valence-electron chi connectivity index (χ2n) is 5.81. The number of anilines is 1. The molecule has 0 N–H and O–H groups in total. The van der Waals surface area contributed by atoms with Gasteiger partial charge in [0.05, 0.1) is 5.02 Å². The van der Waals surface area contributed by atoms with E-state index in [2.05, 4.69) is 16.0 Å². The second-order valence-corrected chi connectivity index (χ2v) is 6.21. The van der Waals surface area contributed by atoms with Gasteiger partial charge in [-0.2, -0.15) is 5.26 Å². The van der Waals surface area contributed by atoms with Gasteiger partial charge in [0.15, 0.2) is 5.69 Å². The summed E-state index contributed by atoms with van der Waals surface area (Å²) >= 11 is 5.93. The minimum atomic E-state index is 0.334. The molecule has 0 amide bonds. The van der Waals surface area contributed by atoms with Gasteiger partial charge in [0.2, 0.25) is 0 Å². The molecule has 4 heteroatoms. The molecule has 1 saturated carbocycles. The van der Waals surface area contributed by atoms with E-state index < -0.39 is 0 Å². The first-order chi connectivity index (χ1) is 9.22. The molecule has 1 saturated heterocycles. The highest BCUT2D eigenvalue weighted by Gasteiger charge is 2.37. The van der Waals surface area contributed by atoms with E-state index in [1.54, 1.807) is 6.07 Å². The van der Waals surface area contributed by atoms with E-state index in [4.69, 9.17) is 16.9 Å². The summed E-state index contributed by atoms with van der Waals surface area (Å²) in [5.41, 5.74) is 0.946. The first kappa shape index (κ1) is 12.7. The van der Waals surface area contributed by atoms with Crippen LogP contribution in [0.15, 0.2) is 12.1 Å². The van der Waals surface area contributed by atoms with E-state index in [9.17, 15) is 0 Å². The van der Waals surface area contributed by atoms with Crippen LogP contribution in [0.4, 0.5) is 5.82 Å². The predicted octanol–water partition coefficient (Wildman–Crippen LogP) is 3.77. The Morgan fingerprint density at radius 1 is 1.16 bits per heavy atom. The Balaban J connectivity index is 1.73. The lowest BCUT2D eigenvalue weighted by Gasteiger charge is -2.40. The summed E-state index contributed by atoms with van der Waals surface area (Å²) in [4.78, 5) is 6.65. The van der Waals surface area contributed by atoms with Gasteiger partial charge in [0.1, 0.15) is 11.9 Å². The van der Waals surface area contributed by atoms with Gasteiger partial charge >= 0.3 is 0 Å². The first-order valence-electron chi connectivity index (χ1n) is 7.04. The number of nitrogens with zero attached hydrogens (tertiary/aromatic N) is 3. The van der Waals surface area contributed by atoms with Gasteiger partial charge in [-0.3, -0.25) is 0 Å². The molecule has 1 aliphatic carbocycles. The number of hydrogen-bond acceptors (Lipinski definition) is 3. The molecule has 1 spiro atoms. The highest BCUT2D eigenvalue weighted by Crippen LogP contribution is 2.46. The Morgan fingerprint density at radius 2 is 1.84 bits per heavy atom. The Labute approximate surface area is 119 Å². The Morgan fingerprint density at radius 3 is 2.47 bits per heavy atom. The highest BCUT2D eigenvalue weighted by molar-refractivity contribution is 6.31. The molecular formula is C15H18ClN3. The largest absolute Gasteiger partial charge is 0.357 e. The summed E-state index contributed by atoms with van der Waals surface area (Å²) in [5.74, 6) is 0.897. The lowest BCUT2D eigenvalue weighted by Crippen LogP contribution is -2.39. The molecule has 100 valence electrons. The molecule has 1 aromatic heterocycles. The van der Waals surface area contributed by atoms with Crippen molar-refractivity contribution in [1.82, 2.24) is 4.98 Å². The molecular weight excluding hydrogens is 258 g/mol. The average Bonchev–Trinajstić information content (AvgIpc) is 2.89. The van der Waals surface area contributed by atoms with Gasteiger partial charge < -0.3 is 4.90 Å². The zero-order valence-corrected chi connectivity index (χ0v) is 11.8. The van der Waals surface area contributed by atoms with Crippen LogP contribution in [0.2, 0.25) is 5.02 Å². The fourth-order valence-electron chi connectivity index (χ4n) is 3.52. The summed E-state index contributed by atoms with van der Waals surface area (Å²) in [6.45, 7) is 2.11. The van der Waals surface area contributed by atoms with E-state index in [1.807, 2.05) is 6.07 Å².